The van der Waals surface area contributed by atoms with Gasteiger partial charge in [0.15, 0.2) is 0 Å². The summed E-state index contributed by atoms with van der Waals surface area (Å²) in [5.74, 6) is 0.446. The Labute approximate surface area is 87.8 Å². The van der Waals surface area contributed by atoms with Crippen molar-refractivity contribution < 1.29 is 14.0 Å². The molecule has 0 aliphatic heterocycles. The molecule has 78 valence electrons. The molecule has 0 radical (unpaired) electrons. The molecular weight excluding hydrogens is 211 g/mol. The summed E-state index contributed by atoms with van der Waals surface area (Å²) in [6.45, 7) is 1.18. The monoisotopic (exact) mass is 222 g/mol. The van der Waals surface area contributed by atoms with Crippen LogP contribution in [0.3, 0.4) is 0 Å². The molecule has 0 fully saturated rings. The molecule has 0 heterocycles. The van der Waals surface area contributed by atoms with E-state index in [1.54, 1.807) is 12.1 Å². The van der Waals surface area contributed by atoms with E-state index in [9.17, 15) is 4.57 Å². The van der Waals surface area contributed by atoms with Crippen molar-refractivity contribution in [2.24, 2.45) is 0 Å². The summed E-state index contributed by atoms with van der Waals surface area (Å²) in [5, 5.41) is 1.83. The highest BCUT2D eigenvalue weighted by Gasteiger charge is 2.13. The second-order valence-electron chi connectivity index (χ2n) is 3.37. The Morgan fingerprint density at radius 2 is 1.80 bits per heavy atom. The highest BCUT2D eigenvalue weighted by molar-refractivity contribution is 7.52. The zero-order chi connectivity index (χ0) is 10.9. The normalized spacial score (nSPS) is 14.8. The fourth-order valence-electron chi connectivity index (χ4n) is 1.46. The molecule has 0 saturated heterocycles. The van der Waals surface area contributed by atoms with Crippen LogP contribution in [-0.2, 0) is 4.57 Å². The minimum absolute atomic E-state index is 0.446. The fraction of sp³-hybridized carbons (Fsp3) is 0.0909. The lowest BCUT2D eigenvalue weighted by Gasteiger charge is -2.10. The van der Waals surface area contributed by atoms with Crippen LogP contribution >= 0.6 is 7.60 Å². The van der Waals surface area contributed by atoms with Crippen molar-refractivity contribution in [2.75, 3.05) is 6.66 Å². The Bertz CT molecular complexity index is 525. The summed E-state index contributed by atoms with van der Waals surface area (Å²) in [6, 6.07) is 13.0. The Kier molecular flexibility index (Phi) is 2.51. The van der Waals surface area contributed by atoms with E-state index >= 15 is 0 Å². The lowest BCUT2D eigenvalue weighted by Crippen LogP contribution is -1.90. The van der Waals surface area contributed by atoms with Crippen LogP contribution in [0, 0.1) is 0 Å². The van der Waals surface area contributed by atoms with E-state index in [0.29, 0.717) is 5.75 Å². The topological polar surface area (TPSA) is 46.5 Å². The maximum absolute atomic E-state index is 11.2. The number of hydrogen-bond acceptors (Lipinski definition) is 2. The first-order valence-electron chi connectivity index (χ1n) is 4.54. The van der Waals surface area contributed by atoms with Gasteiger partial charge in [0.1, 0.15) is 5.75 Å². The van der Waals surface area contributed by atoms with Crippen molar-refractivity contribution >= 4 is 18.4 Å². The number of hydrogen-bond donors (Lipinski definition) is 1. The smallest absolute Gasteiger partial charge is 0.373 e. The number of fused-ring (bicyclic) bond motifs is 1. The van der Waals surface area contributed by atoms with Gasteiger partial charge in [0, 0.05) is 12.1 Å². The second kappa shape index (κ2) is 3.69. The Morgan fingerprint density at radius 3 is 2.53 bits per heavy atom. The molecule has 0 aliphatic carbocycles. The van der Waals surface area contributed by atoms with E-state index < -0.39 is 7.60 Å². The molecule has 4 heteroatoms. The van der Waals surface area contributed by atoms with Gasteiger partial charge in [-0.25, -0.2) is 4.57 Å². The third-order valence-corrected chi connectivity index (χ3v) is 2.55. The highest BCUT2D eigenvalue weighted by atomic mass is 31.2. The van der Waals surface area contributed by atoms with E-state index in [2.05, 4.69) is 0 Å². The van der Waals surface area contributed by atoms with Gasteiger partial charge >= 0.3 is 7.60 Å². The molecule has 1 unspecified atom stereocenters. The Balaban J connectivity index is 2.56. The van der Waals surface area contributed by atoms with Gasteiger partial charge in [-0.15, -0.1) is 0 Å². The highest BCUT2D eigenvalue weighted by Crippen LogP contribution is 2.40. The average Bonchev–Trinajstić information content (AvgIpc) is 2.16. The lowest BCUT2D eigenvalue weighted by molar-refractivity contribution is 0.389. The van der Waals surface area contributed by atoms with Gasteiger partial charge in [-0.05, 0) is 11.5 Å². The molecule has 3 nitrogen and oxygen atoms in total. The third kappa shape index (κ3) is 2.38. The summed E-state index contributed by atoms with van der Waals surface area (Å²) in [5.41, 5.74) is 0. The molecule has 0 spiro atoms. The molecule has 0 saturated carbocycles. The molecule has 15 heavy (non-hydrogen) atoms. The van der Waals surface area contributed by atoms with Crippen LogP contribution in [0.1, 0.15) is 0 Å². The second-order valence-corrected chi connectivity index (χ2v) is 5.16. The maximum atomic E-state index is 11.2. The molecule has 0 bridgehead atoms. The molecule has 1 atom stereocenters. The van der Waals surface area contributed by atoms with Gasteiger partial charge in [0.05, 0.1) is 0 Å². The van der Waals surface area contributed by atoms with E-state index in [1.165, 1.54) is 6.66 Å². The van der Waals surface area contributed by atoms with E-state index in [0.717, 1.165) is 10.8 Å². The predicted molar refractivity (Wildman–Crippen MR) is 60.3 cm³/mol. The summed E-state index contributed by atoms with van der Waals surface area (Å²) >= 11 is 0. The molecular formula is C11H11O3P. The number of benzene rings is 2. The van der Waals surface area contributed by atoms with Crippen LogP contribution in [0.25, 0.3) is 10.8 Å². The summed E-state index contributed by atoms with van der Waals surface area (Å²) in [4.78, 5) is 9.16. The predicted octanol–water partition coefficient (Wildman–Crippen LogP) is 3.03. The van der Waals surface area contributed by atoms with Crippen LogP contribution in [0.4, 0.5) is 0 Å². The summed E-state index contributed by atoms with van der Waals surface area (Å²) < 4.78 is 16.2. The van der Waals surface area contributed by atoms with Crippen LogP contribution in [-0.4, -0.2) is 11.6 Å². The average molecular weight is 222 g/mol. The van der Waals surface area contributed by atoms with Gasteiger partial charge in [0.2, 0.25) is 0 Å². The van der Waals surface area contributed by atoms with Crippen molar-refractivity contribution in [3.05, 3.63) is 42.5 Å². The Morgan fingerprint density at radius 1 is 1.13 bits per heavy atom. The molecule has 2 aromatic rings. The van der Waals surface area contributed by atoms with E-state index in [4.69, 9.17) is 9.42 Å². The molecule has 0 aliphatic rings. The quantitative estimate of drug-likeness (QED) is 0.794. The van der Waals surface area contributed by atoms with E-state index in [-0.39, 0.29) is 0 Å². The standard InChI is InChI=1S/C11H11O3P/c1-15(12,13)14-11-8-4-6-9-5-2-3-7-10(9)11/h2-8H,1H3,(H,12,13). The van der Waals surface area contributed by atoms with Gasteiger partial charge < -0.3 is 9.42 Å². The van der Waals surface area contributed by atoms with Crippen molar-refractivity contribution in [3.63, 3.8) is 0 Å². The van der Waals surface area contributed by atoms with Crippen LogP contribution in [0.15, 0.2) is 42.5 Å². The maximum Gasteiger partial charge on any atom is 0.373 e. The van der Waals surface area contributed by atoms with Gasteiger partial charge in [-0.2, -0.15) is 0 Å². The minimum atomic E-state index is -3.49. The Hall–Kier alpha value is -1.31. The summed E-state index contributed by atoms with van der Waals surface area (Å²) in [7, 11) is -3.49. The first kappa shape index (κ1) is 10.2. The zero-order valence-electron chi connectivity index (χ0n) is 8.25. The van der Waals surface area contributed by atoms with Gasteiger partial charge in [0.25, 0.3) is 0 Å². The first-order valence-corrected chi connectivity index (χ1v) is 6.56. The van der Waals surface area contributed by atoms with Crippen molar-refractivity contribution in [2.45, 2.75) is 0 Å². The van der Waals surface area contributed by atoms with Crippen LogP contribution in [0.2, 0.25) is 0 Å². The zero-order valence-corrected chi connectivity index (χ0v) is 9.15. The van der Waals surface area contributed by atoms with Crippen LogP contribution in [0.5, 0.6) is 5.75 Å². The molecule has 0 amide bonds. The van der Waals surface area contributed by atoms with Gasteiger partial charge in [-0.3, -0.25) is 0 Å². The lowest BCUT2D eigenvalue weighted by atomic mass is 10.1. The van der Waals surface area contributed by atoms with Crippen molar-refractivity contribution in [1.29, 1.82) is 0 Å². The first-order chi connectivity index (χ1) is 7.06. The molecule has 0 aromatic heterocycles. The minimum Gasteiger partial charge on any atom is -0.424 e. The van der Waals surface area contributed by atoms with Crippen LogP contribution < -0.4 is 4.52 Å². The van der Waals surface area contributed by atoms with Crippen molar-refractivity contribution in [3.8, 4) is 5.75 Å². The SMILES string of the molecule is CP(=O)(O)Oc1cccc2ccccc12. The number of rotatable bonds is 2. The molecule has 2 aromatic carbocycles. The van der Waals surface area contributed by atoms with Crippen molar-refractivity contribution in [1.82, 2.24) is 0 Å². The molecule has 1 N–H and O–H groups in total. The van der Waals surface area contributed by atoms with E-state index in [1.807, 2.05) is 30.3 Å². The largest absolute Gasteiger partial charge is 0.424 e. The fourth-order valence-corrected chi connectivity index (χ4v) is 1.98. The summed E-state index contributed by atoms with van der Waals surface area (Å²) in [6.07, 6.45) is 0. The molecule has 2 rings (SSSR count). The van der Waals surface area contributed by atoms with Gasteiger partial charge in [-0.1, -0.05) is 36.4 Å². The third-order valence-electron chi connectivity index (χ3n) is 2.02.